The van der Waals surface area contributed by atoms with E-state index >= 15 is 0 Å². The molecule has 0 aliphatic heterocycles. The second-order valence-electron chi connectivity index (χ2n) is 1.79. The van der Waals surface area contributed by atoms with Crippen molar-refractivity contribution >= 4 is 11.9 Å². The molecule has 0 radical (unpaired) electrons. The van der Waals surface area contributed by atoms with Crippen molar-refractivity contribution in [3.8, 4) is 0 Å². The Morgan fingerprint density at radius 1 is 1.55 bits per heavy atom. The summed E-state index contributed by atoms with van der Waals surface area (Å²) in [5, 5.41) is 16.3. The number of aliphatic hydroxyl groups excluding tert-OH is 1. The molecule has 0 bridgehead atoms. The molecular formula is C5H9NO5. The van der Waals surface area contributed by atoms with Gasteiger partial charge in [-0.2, -0.15) is 0 Å². The Balaban J connectivity index is 3.60. The van der Waals surface area contributed by atoms with Gasteiger partial charge in [-0.25, -0.2) is 4.79 Å². The zero-order chi connectivity index (χ0) is 8.85. The van der Waals surface area contributed by atoms with Crippen LogP contribution in [0.3, 0.4) is 0 Å². The first-order chi connectivity index (χ1) is 5.07. The van der Waals surface area contributed by atoms with Gasteiger partial charge in [0, 0.05) is 0 Å². The molecule has 6 heteroatoms. The van der Waals surface area contributed by atoms with Gasteiger partial charge in [-0.15, -0.1) is 0 Å². The maximum absolute atomic E-state index is 10.5. The Kier molecular flexibility index (Phi) is 4.16. The van der Waals surface area contributed by atoms with Gasteiger partial charge in [0.2, 0.25) is 0 Å². The number of aliphatic carboxylic acids is 1. The van der Waals surface area contributed by atoms with Crippen molar-refractivity contribution in [1.29, 1.82) is 0 Å². The highest BCUT2D eigenvalue weighted by Gasteiger charge is 2.14. The van der Waals surface area contributed by atoms with Crippen molar-refractivity contribution < 1.29 is 24.5 Å². The van der Waals surface area contributed by atoms with E-state index in [1.165, 1.54) is 0 Å². The first kappa shape index (κ1) is 9.86. The van der Waals surface area contributed by atoms with E-state index in [0.29, 0.717) is 0 Å². The zero-order valence-corrected chi connectivity index (χ0v) is 5.69. The van der Waals surface area contributed by atoms with Crippen LogP contribution in [0.5, 0.6) is 0 Å². The predicted molar refractivity (Wildman–Crippen MR) is 33.7 cm³/mol. The number of aliphatic hydroxyl groups is 1. The fourth-order valence-electron chi connectivity index (χ4n) is 0.314. The summed E-state index contributed by atoms with van der Waals surface area (Å²) in [6.45, 7) is -1.29. The molecule has 0 spiro atoms. The van der Waals surface area contributed by atoms with E-state index < -0.39 is 31.2 Å². The van der Waals surface area contributed by atoms with Crippen LogP contribution >= 0.6 is 0 Å². The lowest BCUT2D eigenvalue weighted by molar-refractivity contribution is -0.156. The van der Waals surface area contributed by atoms with Crippen LogP contribution in [0, 0.1) is 0 Å². The second-order valence-corrected chi connectivity index (χ2v) is 1.79. The topological polar surface area (TPSA) is 110 Å². The van der Waals surface area contributed by atoms with E-state index in [2.05, 4.69) is 4.74 Å². The van der Waals surface area contributed by atoms with Gasteiger partial charge in [0.25, 0.3) is 0 Å². The number of nitrogens with two attached hydrogens (primary N) is 1. The van der Waals surface area contributed by atoms with Crippen LogP contribution < -0.4 is 5.73 Å². The summed E-state index contributed by atoms with van der Waals surface area (Å²) in [6.07, 6.45) is 0. The van der Waals surface area contributed by atoms with Gasteiger partial charge in [-0.1, -0.05) is 0 Å². The van der Waals surface area contributed by atoms with E-state index in [1.54, 1.807) is 0 Å². The normalized spacial score (nSPS) is 12.2. The van der Waals surface area contributed by atoms with Crippen LogP contribution in [-0.4, -0.2) is 41.4 Å². The summed E-state index contributed by atoms with van der Waals surface area (Å²) in [7, 11) is 0. The summed E-state index contributed by atoms with van der Waals surface area (Å²) >= 11 is 0. The third kappa shape index (κ3) is 4.29. The quantitative estimate of drug-likeness (QED) is 0.411. The van der Waals surface area contributed by atoms with Crippen molar-refractivity contribution in [2.75, 3.05) is 13.2 Å². The van der Waals surface area contributed by atoms with Gasteiger partial charge < -0.3 is 20.7 Å². The lowest BCUT2D eigenvalue weighted by Gasteiger charge is -2.05. The molecule has 4 N–H and O–H groups in total. The molecule has 0 amide bonds. The minimum Gasteiger partial charge on any atom is -0.479 e. The van der Waals surface area contributed by atoms with Gasteiger partial charge in [-0.3, -0.25) is 4.79 Å². The molecule has 6 nitrogen and oxygen atoms in total. The van der Waals surface area contributed by atoms with Gasteiger partial charge in [0.1, 0.15) is 6.04 Å². The van der Waals surface area contributed by atoms with Crippen molar-refractivity contribution in [1.82, 2.24) is 0 Å². The van der Waals surface area contributed by atoms with Gasteiger partial charge in [0.05, 0.1) is 6.61 Å². The van der Waals surface area contributed by atoms with E-state index in [0.717, 1.165) is 0 Å². The molecule has 0 aromatic carbocycles. The molecule has 0 saturated carbocycles. The fourth-order valence-corrected chi connectivity index (χ4v) is 0.314. The number of carboxylic acid groups (broad SMARTS) is 1. The zero-order valence-electron chi connectivity index (χ0n) is 5.69. The number of carboxylic acids is 1. The lowest BCUT2D eigenvalue weighted by Crippen LogP contribution is -2.36. The molecule has 0 aromatic heterocycles. The van der Waals surface area contributed by atoms with Crippen LogP contribution in [0.15, 0.2) is 0 Å². The summed E-state index contributed by atoms with van der Waals surface area (Å²) < 4.78 is 4.13. The molecule has 0 heterocycles. The SMILES string of the molecule is N[C@@H](CO)C(=O)OCC(=O)O. The van der Waals surface area contributed by atoms with Crippen LogP contribution in [0.1, 0.15) is 0 Å². The summed E-state index contributed by atoms with van der Waals surface area (Å²) in [5.41, 5.74) is 4.99. The molecule has 0 unspecified atom stereocenters. The van der Waals surface area contributed by atoms with Crippen molar-refractivity contribution in [2.24, 2.45) is 5.73 Å². The summed E-state index contributed by atoms with van der Waals surface area (Å²) in [5.74, 6) is -2.18. The molecule has 0 aromatic rings. The molecule has 64 valence electrons. The Hall–Kier alpha value is -1.14. The van der Waals surface area contributed by atoms with E-state index in [9.17, 15) is 9.59 Å². The highest BCUT2D eigenvalue weighted by atomic mass is 16.6. The fraction of sp³-hybridized carbons (Fsp3) is 0.600. The Bertz CT molecular complexity index is 157. The lowest BCUT2D eigenvalue weighted by atomic mass is 10.3. The van der Waals surface area contributed by atoms with Crippen molar-refractivity contribution in [3.05, 3.63) is 0 Å². The number of hydrogen-bond donors (Lipinski definition) is 3. The third-order valence-corrected chi connectivity index (χ3v) is 0.837. The van der Waals surface area contributed by atoms with Crippen LogP contribution in [-0.2, 0) is 14.3 Å². The standard InChI is InChI=1S/C5H9NO5/c6-3(1-7)5(10)11-2-4(8)9/h3,7H,1-2,6H2,(H,8,9)/t3-/m0/s1. The monoisotopic (exact) mass is 163 g/mol. The predicted octanol–water partition coefficient (Wildman–Crippen LogP) is -2.07. The number of esters is 1. The number of ether oxygens (including phenoxy) is 1. The van der Waals surface area contributed by atoms with Gasteiger partial charge in [-0.05, 0) is 0 Å². The molecule has 0 saturated heterocycles. The first-order valence-corrected chi connectivity index (χ1v) is 2.82. The molecule has 0 rings (SSSR count). The number of rotatable bonds is 4. The largest absolute Gasteiger partial charge is 0.479 e. The molecule has 0 aliphatic rings. The number of hydrogen-bond acceptors (Lipinski definition) is 5. The van der Waals surface area contributed by atoms with Crippen LogP contribution in [0.4, 0.5) is 0 Å². The molecular weight excluding hydrogens is 154 g/mol. The van der Waals surface area contributed by atoms with Gasteiger partial charge in [0.15, 0.2) is 6.61 Å². The average Bonchev–Trinajstić information content (AvgIpc) is 1.98. The highest BCUT2D eigenvalue weighted by molar-refractivity contribution is 5.78. The van der Waals surface area contributed by atoms with E-state index in [-0.39, 0.29) is 0 Å². The molecule has 11 heavy (non-hydrogen) atoms. The average molecular weight is 163 g/mol. The van der Waals surface area contributed by atoms with Crippen molar-refractivity contribution in [3.63, 3.8) is 0 Å². The third-order valence-electron chi connectivity index (χ3n) is 0.837. The van der Waals surface area contributed by atoms with Crippen LogP contribution in [0.25, 0.3) is 0 Å². The minimum absolute atomic E-state index is 0.557. The Morgan fingerprint density at radius 3 is 2.45 bits per heavy atom. The highest BCUT2D eigenvalue weighted by Crippen LogP contribution is 1.83. The number of carbonyl (C=O) groups is 2. The van der Waals surface area contributed by atoms with Gasteiger partial charge >= 0.3 is 11.9 Å². The van der Waals surface area contributed by atoms with Crippen molar-refractivity contribution in [2.45, 2.75) is 6.04 Å². The van der Waals surface area contributed by atoms with Crippen LogP contribution in [0.2, 0.25) is 0 Å². The number of carbonyl (C=O) groups excluding carboxylic acids is 1. The van der Waals surface area contributed by atoms with E-state index in [4.69, 9.17) is 15.9 Å². The Labute approximate surface area is 62.6 Å². The summed E-state index contributed by atoms with van der Waals surface area (Å²) in [6, 6.07) is -1.16. The molecule has 1 atom stereocenters. The maximum atomic E-state index is 10.5. The second kappa shape index (κ2) is 4.64. The minimum atomic E-state index is -1.26. The smallest absolute Gasteiger partial charge is 0.341 e. The maximum Gasteiger partial charge on any atom is 0.341 e. The summed E-state index contributed by atoms with van der Waals surface area (Å²) in [4.78, 5) is 20.3. The van der Waals surface area contributed by atoms with E-state index in [1.807, 2.05) is 0 Å². The first-order valence-electron chi connectivity index (χ1n) is 2.82. The molecule has 0 fully saturated rings. The Morgan fingerprint density at radius 2 is 2.09 bits per heavy atom. The molecule has 0 aliphatic carbocycles.